The topological polar surface area (TPSA) is 79.8 Å². The number of unbranched alkanes of at least 4 members (excludes halogenated alkanes) is 2. The monoisotopic (exact) mass is 473 g/mol. The minimum absolute atomic E-state index is 0.120. The molecule has 176 valence electrons. The van der Waals surface area contributed by atoms with E-state index in [1.54, 1.807) is 12.1 Å². The molecule has 0 saturated carbocycles. The number of anilines is 1. The molecule has 1 atom stereocenters. The molecule has 0 spiro atoms. The normalized spacial score (nSPS) is 11.9. The third-order valence-corrected chi connectivity index (χ3v) is 5.00. The Morgan fingerprint density at radius 2 is 1.72 bits per heavy atom. The number of aryl methyl sites for hydroxylation is 1. The second-order valence-corrected chi connectivity index (χ2v) is 7.94. The Hall–Kier alpha value is -2.19. The summed E-state index contributed by atoms with van der Waals surface area (Å²) in [5.41, 5.74) is 2.21. The number of alkyl halides is 3. The molecule has 2 aromatic carbocycles. The van der Waals surface area contributed by atoms with Gasteiger partial charge in [-0.25, -0.2) is 0 Å². The fourth-order valence-corrected chi connectivity index (χ4v) is 3.39. The van der Waals surface area contributed by atoms with Crippen LogP contribution in [0.2, 0.25) is 0 Å². The number of hydrogen-bond donors (Lipinski definition) is 3. The molecule has 1 unspecified atom stereocenters. The van der Waals surface area contributed by atoms with Crippen molar-refractivity contribution in [3.63, 3.8) is 0 Å². The summed E-state index contributed by atoms with van der Waals surface area (Å²) in [4.78, 5) is 8.54. The first-order valence-electron chi connectivity index (χ1n) is 10.5. The lowest BCUT2D eigenvalue weighted by Crippen LogP contribution is -2.19. The number of ether oxygens (including phenoxy) is 1. The van der Waals surface area contributed by atoms with Gasteiger partial charge in [0, 0.05) is 17.7 Å². The Kier molecular flexibility index (Phi) is 11.5. The van der Waals surface area contributed by atoms with Gasteiger partial charge in [0.2, 0.25) is 0 Å². The van der Waals surface area contributed by atoms with Crippen molar-refractivity contribution in [2.24, 2.45) is 0 Å². The lowest BCUT2D eigenvalue weighted by molar-refractivity contribution is -0.274. The second kappa shape index (κ2) is 14.1. The maximum absolute atomic E-state index is 12.8. The summed E-state index contributed by atoms with van der Waals surface area (Å²) in [7, 11) is -2.61. The predicted molar refractivity (Wildman–Crippen MR) is 118 cm³/mol. The van der Waals surface area contributed by atoms with Gasteiger partial charge >= 0.3 is 14.6 Å². The molecule has 0 amide bonds. The van der Waals surface area contributed by atoms with E-state index in [2.05, 4.69) is 32.0 Å². The van der Waals surface area contributed by atoms with E-state index < -0.39 is 14.6 Å². The van der Waals surface area contributed by atoms with E-state index in [9.17, 15) is 17.7 Å². The van der Waals surface area contributed by atoms with Crippen molar-refractivity contribution in [2.45, 2.75) is 45.0 Å². The lowest BCUT2D eigenvalue weighted by Gasteiger charge is -2.16. The number of halogens is 3. The van der Waals surface area contributed by atoms with Crippen LogP contribution in [-0.4, -0.2) is 31.0 Å². The molecule has 0 aliphatic carbocycles. The Morgan fingerprint density at radius 1 is 0.938 bits per heavy atom. The molecule has 0 saturated heterocycles. The molecule has 0 aliphatic heterocycles. The Bertz CT molecular complexity index is 823. The third-order valence-electron chi connectivity index (χ3n) is 4.60. The zero-order valence-electron chi connectivity index (χ0n) is 17.7. The average molecular weight is 473 g/mol. The van der Waals surface area contributed by atoms with Crippen LogP contribution >= 0.6 is 8.25 Å². The molecular weight excluding hydrogens is 444 g/mol. The van der Waals surface area contributed by atoms with Crippen molar-refractivity contribution in [1.82, 2.24) is 5.32 Å². The molecule has 6 nitrogen and oxygen atoms in total. The van der Waals surface area contributed by atoms with Crippen molar-refractivity contribution in [1.29, 1.82) is 0 Å². The first kappa shape index (κ1) is 26.1. The Balaban J connectivity index is 1.78. The molecule has 32 heavy (non-hydrogen) atoms. The summed E-state index contributed by atoms with van der Waals surface area (Å²) in [6.07, 6.45) is -0.484. The number of rotatable bonds is 15. The van der Waals surface area contributed by atoms with E-state index in [-0.39, 0.29) is 12.4 Å². The summed E-state index contributed by atoms with van der Waals surface area (Å²) in [6.45, 7) is 1.49. The van der Waals surface area contributed by atoms with Crippen molar-refractivity contribution in [3.8, 4) is 5.75 Å². The van der Waals surface area contributed by atoms with E-state index in [4.69, 9.17) is 4.89 Å². The van der Waals surface area contributed by atoms with E-state index in [1.165, 1.54) is 11.6 Å². The van der Waals surface area contributed by atoms with E-state index >= 15 is 0 Å². The molecule has 0 aromatic heterocycles. The zero-order valence-corrected chi connectivity index (χ0v) is 18.6. The standard InChI is InChI=1S/C22H28F3N2O4P/c23-22(24,25)31-21-16-19(17-26-13-7-15-30-32(28)29)11-12-20(21)27-14-6-2-5-10-18-8-3-1-4-9-18/h1,3-4,8-9,11-12,16,26-27H,2,5-7,10,13-15,17H2/p+1. The van der Waals surface area contributed by atoms with Gasteiger partial charge in [-0.1, -0.05) is 42.8 Å². The van der Waals surface area contributed by atoms with Crippen LogP contribution < -0.4 is 15.4 Å². The van der Waals surface area contributed by atoms with Gasteiger partial charge in [-0.2, -0.15) is 0 Å². The Labute approximate surface area is 187 Å². The highest BCUT2D eigenvalue weighted by Crippen LogP contribution is 2.31. The molecular formula is C22H29F3N2O4P+. The quantitative estimate of drug-likeness (QED) is 0.232. The molecule has 10 heteroatoms. The van der Waals surface area contributed by atoms with Gasteiger partial charge in [0.1, 0.15) is 6.61 Å². The van der Waals surface area contributed by atoms with Crippen molar-refractivity contribution >= 4 is 13.9 Å². The van der Waals surface area contributed by atoms with Crippen LogP contribution in [0, 0.1) is 0 Å². The Morgan fingerprint density at radius 3 is 2.44 bits per heavy atom. The minimum Gasteiger partial charge on any atom is -0.404 e. The first-order valence-corrected chi connectivity index (χ1v) is 11.6. The maximum atomic E-state index is 12.8. The fraction of sp³-hybridized carbons (Fsp3) is 0.455. The van der Waals surface area contributed by atoms with Gasteiger partial charge in [0.15, 0.2) is 5.75 Å². The summed E-state index contributed by atoms with van der Waals surface area (Å²) < 4.78 is 57.7. The lowest BCUT2D eigenvalue weighted by atomic mass is 10.1. The van der Waals surface area contributed by atoms with Crippen LogP contribution in [0.25, 0.3) is 0 Å². The van der Waals surface area contributed by atoms with Crippen molar-refractivity contribution < 1.29 is 31.9 Å². The SMILES string of the molecule is O=[P+](O)OCCCNCc1ccc(NCCCCCc2ccccc2)c(OC(F)(F)F)c1. The third kappa shape index (κ3) is 11.4. The summed E-state index contributed by atoms with van der Waals surface area (Å²) >= 11 is 0. The molecule has 0 bridgehead atoms. The van der Waals surface area contributed by atoms with Gasteiger partial charge in [-0.3, -0.25) is 0 Å². The average Bonchev–Trinajstić information content (AvgIpc) is 2.73. The van der Waals surface area contributed by atoms with Crippen molar-refractivity contribution in [2.75, 3.05) is 25.0 Å². The summed E-state index contributed by atoms with van der Waals surface area (Å²) in [5, 5.41) is 6.09. The van der Waals surface area contributed by atoms with Gasteiger partial charge < -0.3 is 15.4 Å². The largest absolute Gasteiger partial charge is 0.694 e. The summed E-state index contributed by atoms with van der Waals surface area (Å²) in [5.74, 6) is -0.262. The maximum Gasteiger partial charge on any atom is 0.694 e. The molecule has 0 fully saturated rings. The molecule has 2 rings (SSSR count). The molecule has 0 radical (unpaired) electrons. The highest BCUT2D eigenvalue weighted by atomic mass is 31.1. The van der Waals surface area contributed by atoms with Crippen LogP contribution in [0.3, 0.4) is 0 Å². The first-order chi connectivity index (χ1) is 15.3. The van der Waals surface area contributed by atoms with Crippen LogP contribution in [0.4, 0.5) is 18.9 Å². The molecule has 0 heterocycles. The van der Waals surface area contributed by atoms with E-state index in [1.807, 2.05) is 18.2 Å². The van der Waals surface area contributed by atoms with Crippen LogP contribution in [0.15, 0.2) is 48.5 Å². The minimum atomic E-state index is -4.78. The second-order valence-electron chi connectivity index (χ2n) is 7.20. The number of nitrogens with one attached hydrogen (secondary N) is 2. The number of benzene rings is 2. The van der Waals surface area contributed by atoms with Gasteiger partial charge in [0.05, 0.1) is 5.69 Å². The van der Waals surface area contributed by atoms with Gasteiger partial charge in [-0.15, -0.1) is 22.6 Å². The van der Waals surface area contributed by atoms with Gasteiger partial charge in [0.25, 0.3) is 0 Å². The highest BCUT2D eigenvalue weighted by Gasteiger charge is 2.32. The van der Waals surface area contributed by atoms with Crippen LogP contribution in [0.1, 0.15) is 36.8 Å². The molecule has 2 aromatic rings. The highest BCUT2D eigenvalue weighted by molar-refractivity contribution is 7.32. The smallest absolute Gasteiger partial charge is 0.404 e. The number of hydrogen-bond acceptors (Lipinski definition) is 5. The fourth-order valence-electron chi connectivity index (χ4n) is 3.10. The van der Waals surface area contributed by atoms with E-state index in [0.29, 0.717) is 37.3 Å². The van der Waals surface area contributed by atoms with Crippen LogP contribution in [-0.2, 0) is 22.1 Å². The summed E-state index contributed by atoms with van der Waals surface area (Å²) in [6, 6.07) is 14.8. The van der Waals surface area contributed by atoms with E-state index in [0.717, 1.165) is 25.7 Å². The van der Waals surface area contributed by atoms with Gasteiger partial charge in [-0.05, 0) is 55.5 Å². The molecule has 0 aliphatic rings. The predicted octanol–water partition coefficient (Wildman–Crippen LogP) is 5.56. The zero-order chi connectivity index (χ0) is 23.2. The molecule has 3 N–H and O–H groups in total. The van der Waals surface area contributed by atoms with Crippen molar-refractivity contribution in [3.05, 3.63) is 59.7 Å². The van der Waals surface area contributed by atoms with Crippen LogP contribution in [0.5, 0.6) is 5.75 Å².